The van der Waals surface area contributed by atoms with Gasteiger partial charge in [-0.25, -0.2) is 0 Å². The third kappa shape index (κ3) is 4.65. The van der Waals surface area contributed by atoms with E-state index >= 15 is 0 Å². The van der Waals surface area contributed by atoms with E-state index in [-0.39, 0.29) is 30.0 Å². The van der Waals surface area contributed by atoms with Crippen molar-refractivity contribution in [3.05, 3.63) is 70.1 Å². The molecule has 1 fully saturated rings. The van der Waals surface area contributed by atoms with Crippen molar-refractivity contribution in [2.24, 2.45) is 0 Å². The predicted molar refractivity (Wildman–Crippen MR) is 92.4 cm³/mol. The highest BCUT2D eigenvalue weighted by molar-refractivity contribution is 7.57. The lowest BCUT2D eigenvalue weighted by molar-refractivity contribution is 0.0156. The van der Waals surface area contributed by atoms with Crippen LogP contribution in [0.1, 0.15) is 17.2 Å². The molecule has 1 saturated heterocycles. The molecule has 3 N–H and O–H groups in total. The molecule has 0 aliphatic carbocycles. The van der Waals surface area contributed by atoms with E-state index in [1.54, 1.807) is 6.20 Å². The monoisotopic (exact) mass is 348 g/mol. The van der Waals surface area contributed by atoms with E-state index in [9.17, 15) is 14.3 Å². The second kappa shape index (κ2) is 7.45. The SMILES string of the molecule is O=c1cc([C@H]2CO[C@@H](CP(=O)(O)Cc3ccccc3)CN2)cc[nH]1. The lowest BCUT2D eigenvalue weighted by Crippen LogP contribution is -2.43. The van der Waals surface area contributed by atoms with Crippen LogP contribution in [0.5, 0.6) is 0 Å². The van der Waals surface area contributed by atoms with Crippen LogP contribution in [0.4, 0.5) is 0 Å². The summed E-state index contributed by atoms with van der Waals surface area (Å²) in [4.78, 5) is 24.2. The summed E-state index contributed by atoms with van der Waals surface area (Å²) in [6.07, 6.45) is 1.58. The summed E-state index contributed by atoms with van der Waals surface area (Å²) in [5.74, 6) is 0. The molecule has 1 aliphatic rings. The Hall–Kier alpha value is -1.72. The number of ether oxygens (including phenoxy) is 1. The van der Waals surface area contributed by atoms with Crippen molar-refractivity contribution in [1.82, 2.24) is 10.3 Å². The van der Waals surface area contributed by atoms with Crippen molar-refractivity contribution < 1.29 is 14.2 Å². The van der Waals surface area contributed by atoms with E-state index in [4.69, 9.17) is 4.74 Å². The molecular formula is C17H21N2O4P. The lowest BCUT2D eigenvalue weighted by Gasteiger charge is -2.31. The molecule has 7 heteroatoms. The molecule has 3 rings (SSSR count). The van der Waals surface area contributed by atoms with Gasteiger partial charge in [0, 0.05) is 25.0 Å². The maximum absolute atomic E-state index is 12.5. The minimum absolute atomic E-state index is 0.0734. The highest BCUT2D eigenvalue weighted by Crippen LogP contribution is 2.45. The molecule has 2 heterocycles. The summed E-state index contributed by atoms with van der Waals surface area (Å²) in [5, 5.41) is 3.29. The zero-order chi connectivity index (χ0) is 17.0. The van der Waals surface area contributed by atoms with Crippen molar-refractivity contribution in [3.63, 3.8) is 0 Å². The van der Waals surface area contributed by atoms with E-state index in [1.807, 2.05) is 36.4 Å². The second-order valence-electron chi connectivity index (χ2n) is 6.08. The first-order chi connectivity index (χ1) is 11.5. The molecule has 1 aliphatic heterocycles. The van der Waals surface area contributed by atoms with Gasteiger partial charge < -0.3 is 19.9 Å². The van der Waals surface area contributed by atoms with Gasteiger partial charge in [-0.3, -0.25) is 9.36 Å². The van der Waals surface area contributed by atoms with Crippen molar-refractivity contribution in [2.45, 2.75) is 18.3 Å². The maximum atomic E-state index is 12.5. The number of pyridine rings is 1. The number of aromatic nitrogens is 1. The number of morpholine rings is 1. The van der Waals surface area contributed by atoms with Gasteiger partial charge in [-0.1, -0.05) is 30.3 Å². The van der Waals surface area contributed by atoms with Crippen molar-refractivity contribution in [3.8, 4) is 0 Å². The molecule has 1 aromatic carbocycles. The van der Waals surface area contributed by atoms with Crippen molar-refractivity contribution in [1.29, 1.82) is 0 Å². The number of nitrogens with one attached hydrogen (secondary N) is 2. The maximum Gasteiger partial charge on any atom is 0.248 e. The largest absolute Gasteiger partial charge is 0.374 e. The van der Waals surface area contributed by atoms with Gasteiger partial charge >= 0.3 is 0 Å². The van der Waals surface area contributed by atoms with Crippen LogP contribution in [0.3, 0.4) is 0 Å². The number of hydrogen-bond donors (Lipinski definition) is 3. The Morgan fingerprint density at radius 3 is 2.71 bits per heavy atom. The van der Waals surface area contributed by atoms with Crippen LogP contribution in [-0.2, 0) is 15.5 Å². The molecule has 1 aromatic heterocycles. The molecule has 0 bridgehead atoms. The standard InChI is InChI=1S/C17H21N2O4P/c20-17-8-14(6-7-18-17)16-10-23-15(9-19-16)12-24(21,22)11-13-4-2-1-3-5-13/h1-8,15-16,19H,9-12H2,(H,18,20)(H,21,22)/t15-,16-/m1/s1. The summed E-state index contributed by atoms with van der Waals surface area (Å²) < 4.78 is 18.2. The normalized spacial score (nSPS) is 23.5. The average molecular weight is 348 g/mol. The number of H-pyrrole nitrogens is 1. The van der Waals surface area contributed by atoms with Gasteiger partial charge in [-0.2, -0.15) is 0 Å². The van der Waals surface area contributed by atoms with Gasteiger partial charge in [0.15, 0.2) is 0 Å². The van der Waals surface area contributed by atoms with Gasteiger partial charge in [0.2, 0.25) is 12.9 Å². The fourth-order valence-electron chi connectivity index (χ4n) is 2.88. The third-order valence-corrected chi connectivity index (χ3v) is 5.89. The number of rotatable bonds is 5. The molecule has 3 atom stereocenters. The summed E-state index contributed by atoms with van der Waals surface area (Å²) in [5.41, 5.74) is 1.56. The van der Waals surface area contributed by atoms with Crippen LogP contribution in [0.25, 0.3) is 0 Å². The Bertz CT molecular complexity index is 769. The van der Waals surface area contributed by atoms with Gasteiger partial charge in [-0.05, 0) is 17.2 Å². The van der Waals surface area contributed by atoms with E-state index in [2.05, 4.69) is 10.3 Å². The van der Waals surface area contributed by atoms with Gasteiger partial charge in [0.25, 0.3) is 0 Å². The number of hydrogen-bond acceptors (Lipinski definition) is 4. The van der Waals surface area contributed by atoms with Crippen LogP contribution in [-0.4, -0.2) is 35.3 Å². The van der Waals surface area contributed by atoms with Crippen molar-refractivity contribution >= 4 is 7.37 Å². The van der Waals surface area contributed by atoms with Gasteiger partial charge in [-0.15, -0.1) is 0 Å². The van der Waals surface area contributed by atoms with Crippen LogP contribution >= 0.6 is 7.37 Å². The Morgan fingerprint density at radius 1 is 1.25 bits per heavy atom. The first-order valence-corrected chi connectivity index (χ1v) is 9.93. The Morgan fingerprint density at radius 2 is 2.04 bits per heavy atom. The minimum atomic E-state index is -3.30. The zero-order valence-electron chi connectivity index (χ0n) is 13.2. The summed E-state index contributed by atoms with van der Waals surface area (Å²) in [7, 11) is -3.30. The molecular weight excluding hydrogens is 327 g/mol. The molecule has 1 unspecified atom stereocenters. The lowest BCUT2D eigenvalue weighted by atomic mass is 10.1. The van der Waals surface area contributed by atoms with Gasteiger partial charge in [0.1, 0.15) is 0 Å². The van der Waals surface area contributed by atoms with E-state index in [0.29, 0.717) is 13.2 Å². The molecule has 0 radical (unpaired) electrons. The highest BCUT2D eigenvalue weighted by Gasteiger charge is 2.29. The van der Waals surface area contributed by atoms with Crippen molar-refractivity contribution in [2.75, 3.05) is 19.3 Å². The average Bonchev–Trinajstić information content (AvgIpc) is 2.55. The van der Waals surface area contributed by atoms with Crippen LogP contribution in [0, 0.1) is 0 Å². The van der Waals surface area contributed by atoms with Crippen LogP contribution < -0.4 is 10.9 Å². The van der Waals surface area contributed by atoms with E-state index in [0.717, 1.165) is 11.1 Å². The Balaban J connectivity index is 1.55. The van der Waals surface area contributed by atoms with E-state index < -0.39 is 7.37 Å². The number of aromatic amines is 1. The molecule has 128 valence electrons. The molecule has 2 aromatic rings. The van der Waals surface area contributed by atoms with Gasteiger partial charge in [0.05, 0.1) is 24.9 Å². The number of benzene rings is 1. The first-order valence-electron chi connectivity index (χ1n) is 7.90. The fraction of sp³-hybridized carbons (Fsp3) is 0.353. The quantitative estimate of drug-likeness (QED) is 0.718. The zero-order valence-corrected chi connectivity index (χ0v) is 14.1. The van der Waals surface area contributed by atoms with Crippen LogP contribution in [0.15, 0.2) is 53.5 Å². The summed E-state index contributed by atoms with van der Waals surface area (Å²) >= 11 is 0. The topological polar surface area (TPSA) is 91.4 Å². The third-order valence-electron chi connectivity index (χ3n) is 4.05. The fourth-order valence-corrected chi connectivity index (χ4v) is 4.67. The van der Waals surface area contributed by atoms with Crippen LogP contribution in [0.2, 0.25) is 0 Å². The minimum Gasteiger partial charge on any atom is -0.374 e. The molecule has 0 spiro atoms. The summed E-state index contributed by atoms with van der Waals surface area (Å²) in [6.45, 7) is 0.857. The molecule has 0 amide bonds. The smallest absolute Gasteiger partial charge is 0.248 e. The first kappa shape index (κ1) is 17.1. The molecule has 24 heavy (non-hydrogen) atoms. The second-order valence-corrected chi connectivity index (χ2v) is 8.45. The molecule has 0 saturated carbocycles. The Labute approximate surface area is 140 Å². The predicted octanol–water partition coefficient (Wildman–Crippen LogP) is 1.87. The highest BCUT2D eigenvalue weighted by atomic mass is 31.2. The summed E-state index contributed by atoms with van der Waals surface area (Å²) in [6, 6.07) is 12.6. The molecule has 6 nitrogen and oxygen atoms in total. The Kier molecular flexibility index (Phi) is 5.31. The van der Waals surface area contributed by atoms with E-state index in [1.165, 1.54) is 6.07 Å².